The average Bonchev–Trinajstić information content (AvgIpc) is 2.86. The highest BCUT2D eigenvalue weighted by Crippen LogP contribution is 2.33. The van der Waals surface area contributed by atoms with E-state index in [0.717, 1.165) is 24.4 Å². The molecular formula is C14H18ClN3O2. The van der Waals surface area contributed by atoms with Crippen LogP contribution in [0.25, 0.3) is 0 Å². The Kier molecular flexibility index (Phi) is 3.72. The minimum atomic E-state index is 0.116. The van der Waals surface area contributed by atoms with Crippen LogP contribution in [0.1, 0.15) is 6.42 Å². The van der Waals surface area contributed by atoms with E-state index < -0.39 is 0 Å². The van der Waals surface area contributed by atoms with E-state index in [1.807, 2.05) is 21.9 Å². The molecule has 6 heteroatoms. The van der Waals surface area contributed by atoms with Crippen LogP contribution < -0.4 is 15.4 Å². The van der Waals surface area contributed by atoms with Gasteiger partial charge in [-0.15, -0.1) is 0 Å². The third kappa shape index (κ3) is 2.69. The Balaban J connectivity index is 1.73. The second kappa shape index (κ2) is 5.50. The summed E-state index contributed by atoms with van der Waals surface area (Å²) in [6, 6.07) is 5.61. The molecule has 1 amide bonds. The third-order valence-electron chi connectivity index (χ3n) is 3.78. The molecular weight excluding hydrogens is 278 g/mol. The normalized spacial score (nSPS) is 21.6. The fourth-order valence-electron chi connectivity index (χ4n) is 2.69. The van der Waals surface area contributed by atoms with Gasteiger partial charge < -0.3 is 20.3 Å². The van der Waals surface area contributed by atoms with E-state index in [-0.39, 0.29) is 11.9 Å². The van der Waals surface area contributed by atoms with Crippen molar-refractivity contribution in [1.82, 2.24) is 4.90 Å². The molecule has 2 N–H and O–H groups in total. The number of anilines is 1. The molecule has 2 aliphatic rings. The SMILES string of the molecule is NC1CCN(C(=O)CN2CCOc3ccc(Cl)cc32)C1. The lowest BCUT2D eigenvalue weighted by molar-refractivity contribution is -0.128. The Hall–Kier alpha value is -1.46. The van der Waals surface area contributed by atoms with E-state index in [2.05, 4.69) is 0 Å². The highest BCUT2D eigenvalue weighted by atomic mass is 35.5. The summed E-state index contributed by atoms with van der Waals surface area (Å²) in [6.45, 7) is 3.04. The molecule has 1 aromatic carbocycles. The van der Waals surface area contributed by atoms with Crippen LogP contribution in [0.3, 0.4) is 0 Å². The first kappa shape index (κ1) is 13.5. The number of carbonyl (C=O) groups excluding carboxylic acids is 1. The Morgan fingerprint density at radius 3 is 3.05 bits per heavy atom. The largest absolute Gasteiger partial charge is 0.490 e. The second-order valence-electron chi connectivity index (χ2n) is 5.27. The summed E-state index contributed by atoms with van der Waals surface area (Å²) in [6.07, 6.45) is 0.886. The molecule has 1 saturated heterocycles. The van der Waals surface area contributed by atoms with Gasteiger partial charge in [-0.2, -0.15) is 0 Å². The van der Waals surface area contributed by atoms with Crippen molar-refractivity contribution in [1.29, 1.82) is 0 Å². The summed E-state index contributed by atoms with van der Waals surface area (Å²) in [5, 5.41) is 0.648. The lowest BCUT2D eigenvalue weighted by atomic mass is 10.2. The van der Waals surface area contributed by atoms with Crippen LogP contribution in [-0.4, -0.2) is 49.6 Å². The molecule has 1 fully saturated rings. The molecule has 0 aromatic heterocycles. The maximum absolute atomic E-state index is 12.3. The Morgan fingerprint density at radius 1 is 1.45 bits per heavy atom. The van der Waals surface area contributed by atoms with Gasteiger partial charge in [0.1, 0.15) is 12.4 Å². The van der Waals surface area contributed by atoms with E-state index in [9.17, 15) is 4.79 Å². The van der Waals surface area contributed by atoms with Crippen LogP contribution in [0.5, 0.6) is 5.75 Å². The van der Waals surface area contributed by atoms with Gasteiger partial charge in [-0.3, -0.25) is 4.79 Å². The monoisotopic (exact) mass is 295 g/mol. The zero-order valence-corrected chi connectivity index (χ0v) is 12.0. The number of likely N-dealkylation sites (tertiary alicyclic amines) is 1. The number of carbonyl (C=O) groups is 1. The summed E-state index contributed by atoms with van der Waals surface area (Å²) in [5.74, 6) is 0.900. The molecule has 108 valence electrons. The fourth-order valence-corrected chi connectivity index (χ4v) is 2.85. The number of halogens is 1. The molecule has 0 aliphatic carbocycles. The zero-order chi connectivity index (χ0) is 14.1. The summed E-state index contributed by atoms with van der Waals surface area (Å²) in [4.78, 5) is 16.2. The first-order chi connectivity index (χ1) is 9.63. The quantitative estimate of drug-likeness (QED) is 0.888. The molecule has 0 saturated carbocycles. The van der Waals surface area contributed by atoms with Crippen molar-refractivity contribution in [3.05, 3.63) is 23.2 Å². The molecule has 1 unspecified atom stereocenters. The van der Waals surface area contributed by atoms with Crippen LogP contribution in [0.2, 0.25) is 5.02 Å². The topological polar surface area (TPSA) is 58.8 Å². The predicted molar refractivity (Wildman–Crippen MR) is 78.3 cm³/mol. The molecule has 20 heavy (non-hydrogen) atoms. The third-order valence-corrected chi connectivity index (χ3v) is 4.02. The van der Waals surface area contributed by atoms with Crippen molar-refractivity contribution >= 4 is 23.2 Å². The fraction of sp³-hybridized carbons (Fsp3) is 0.500. The van der Waals surface area contributed by atoms with Crippen LogP contribution in [0, 0.1) is 0 Å². The molecule has 2 heterocycles. The summed E-state index contributed by atoms with van der Waals surface area (Å²) in [7, 11) is 0. The van der Waals surface area contributed by atoms with Crippen molar-refractivity contribution < 1.29 is 9.53 Å². The van der Waals surface area contributed by atoms with Gasteiger partial charge in [-0.1, -0.05) is 11.6 Å². The molecule has 1 aromatic rings. The van der Waals surface area contributed by atoms with Gasteiger partial charge in [0.15, 0.2) is 0 Å². The van der Waals surface area contributed by atoms with E-state index in [1.54, 1.807) is 6.07 Å². The van der Waals surface area contributed by atoms with E-state index >= 15 is 0 Å². The van der Waals surface area contributed by atoms with Crippen LogP contribution in [-0.2, 0) is 4.79 Å². The van der Waals surface area contributed by atoms with Gasteiger partial charge in [0.25, 0.3) is 0 Å². The molecule has 1 atom stereocenters. The van der Waals surface area contributed by atoms with E-state index in [1.165, 1.54) is 0 Å². The minimum Gasteiger partial charge on any atom is -0.490 e. The zero-order valence-electron chi connectivity index (χ0n) is 11.2. The van der Waals surface area contributed by atoms with Gasteiger partial charge in [-0.05, 0) is 24.6 Å². The highest BCUT2D eigenvalue weighted by Gasteiger charge is 2.27. The van der Waals surface area contributed by atoms with E-state index in [4.69, 9.17) is 22.1 Å². The summed E-state index contributed by atoms with van der Waals surface area (Å²) in [5.41, 5.74) is 6.74. The molecule has 0 bridgehead atoms. The van der Waals surface area contributed by atoms with Crippen molar-refractivity contribution in [3.8, 4) is 5.75 Å². The maximum Gasteiger partial charge on any atom is 0.242 e. The predicted octanol–water partition coefficient (Wildman–Crippen LogP) is 1.10. The summed E-state index contributed by atoms with van der Waals surface area (Å²) >= 11 is 6.03. The van der Waals surface area contributed by atoms with Gasteiger partial charge in [-0.25, -0.2) is 0 Å². The van der Waals surface area contributed by atoms with Crippen LogP contribution in [0.4, 0.5) is 5.69 Å². The average molecular weight is 296 g/mol. The highest BCUT2D eigenvalue weighted by molar-refractivity contribution is 6.31. The Labute approximate surface area is 123 Å². The Morgan fingerprint density at radius 2 is 2.30 bits per heavy atom. The number of rotatable bonds is 2. The number of nitrogens with zero attached hydrogens (tertiary/aromatic N) is 2. The number of ether oxygens (including phenoxy) is 1. The number of fused-ring (bicyclic) bond motifs is 1. The van der Waals surface area contributed by atoms with E-state index in [0.29, 0.717) is 31.3 Å². The smallest absolute Gasteiger partial charge is 0.242 e. The standard InChI is InChI=1S/C14H18ClN3O2/c15-10-1-2-13-12(7-10)17(5-6-20-13)9-14(19)18-4-3-11(16)8-18/h1-2,7,11H,3-6,8-9,16H2. The molecule has 5 nitrogen and oxygen atoms in total. The number of hydrogen-bond acceptors (Lipinski definition) is 4. The molecule has 2 aliphatic heterocycles. The van der Waals surface area contributed by atoms with Crippen molar-refractivity contribution in [3.63, 3.8) is 0 Å². The summed E-state index contributed by atoms with van der Waals surface area (Å²) < 4.78 is 5.59. The van der Waals surface area contributed by atoms with Crippen molar-refractivity contribution in [2.45, 2.75) is 12.5 Å². The number of hydrogen-bond donors (Lipinski definition) is 1. The number of nitrogens with two attached hydrogens (primary N) is 1. The maximum atomic E-state index is 12.3. The lowest BCUT2D eigenvalue weighted by Crippen LogP contribution is -2.43. The van der Waals surface area contributed by atoms with Gasteiger partial charge in [0.05, 0.1) is 18.8 Å². The first-order valence-electron chi connectivity index (χ1n) is 6.84. The first-order valence-corrected chi connectivity index (χ1v) is 7.22. The second-order valence-corrected chi connectivity index (χ2v) is 5.71. The van der Waals surface area contributed by atoms with Crippen LogP contribution in [0.15, 0.2) is 18.2 Å². The molecule has 3 rings (SSSR count). The minimum absolute atomic E-state index is 0.116. The number of benzene rings is 1. The molecule has 0 radical (unpaired) electrons. The van der Waals surface area contributed by atoms with Crippen molar-refractivity contribution in [2.75, 3.05) is 37.7 Å². The number of amides is 1. The van der Waals surface area contributed by atoms with Crippen LogP contribution >= 0.6 is 11.6 Å². The van der Waals surface area contributed by atoms with Gasteiger partial charge in [0.2, 0.25) is 5.91 Å². The molecule has 0 spiro atoms. The van der Waals surface area contributed by atoms with Crippen molar-refractivity contribution in [2.24, 2.45) is 5.73 Å². The lowest BCUT2D eigenvalue weighted by Gasteiger charge is -2.32. The Bertz CT molecular complexity index is 523. The van der Waals surface area contributed by atoms with Gasteiger partial charge in [0, 0.05) is 24.2 Å². The van der Waals surface area contributed by atoms with Gasteiger partial charge >= 0.3 is 0 Å².